The van der Waals surface area contributed by atoms with E-state index in [9.17, 15) is 0 Å². The van der Waals surface area contributed by atoms with Crippen LogP contribution < -0.4 is 0 Å². The van der Waals surface area contributed by atoms with Crippen molar-refractivity contribution in [3.8, 4) is 0 Å². The molecule has 0 nitrogen and oxygen atoms in total. The van der Waals surface area contributed by atoms with Crippen molar-refractivity contribution >= 4 is 0 Å². The van der Waals surface area contributed by atoms with E-state index in [4.69, 9.17) is 0 Å². The molecule has 0 heteroatoms. The largest absolute Gasteiger partial charge is 0.103 e. The molecule has 0 saturated carbocycles. The van der Waals surface area contributed by atoms with Crippen molar-refractivity contribution in [1.82, 2.24) is 0 Å². The van der Waals surface area contributed by atoms with Gasteiger partial charge in [-0.2, -0.15) is 0 Å². The lowest BCUT2D eigenvalue weighted by molar-refractivity contribution is 0.267. The van der Waals surface area contributed by atoms with Gasteiger partial charge in [0, 0.05) is 0 Å². The number of rotatable bonds is 14. The van der Waals surface area contributed by atoms with Gasteiger partial charge in [-0.05, 0) is 24.7 Å². The van der Waals surface area contributed by atoms with Gasteiger partial charge in [0.1, 0.15) is 0 Å². The van der Waals surface area contributed by atoms with Crippen molar-refractivity contribution in [3.63, 3.8) is 0 Å². The third-order valence-corrected chi connectivity index (χ3v) is 4.52. The van der Waals surface area contributed by atoms with Crippen LogP contribution in [0.1, 0.15) is 104 Å². The van der Waals surface area contributed by atoms with Crippen LogP contribution in [0.5, 0.6) is 0 Å². The molecule has 19 heavy (non-hydrogen) atoms. The van der Waals surface area contributed by atoms with E-state index in [1.165, 1.54) is 83.5 Å². The minimum Gasteiger partial charge on any atom is -0.103 e. The summed E-state index contributed by atoms with van der Waals surface area (Å²) in [6.07, 6.45) is 20.2. The zero-order valence-corrected chi connectivity index (χ0v) is 14.0. The smallest absolute Gasteiger partial charge is 0.0121 e. The van der Waals surface area contributed by atoms with Gasteiger partial charge in [0.25, 0.3) is 0 Å². The van der Waals surface area contributed by atoms with Crippen LogP contribution in [0.4, 0.5) is 0 Å². The number of hydrogen-bond acceptors (Lipinski definition) is 0. The van der Waals surface area contributed by atoms with Crippen LogP contribution >= 0.6 is 0 Å². The zero-order chi connectivity index (χ0) is 14.4. The molecule has 0 aromatic carbocycles. The van der Waals surface area contributed by atoms with E-state index in [1.54, 1.807) is 0 Å². The first-order valence-electron chi connectivity index (χ1n) is 8.88. The Bertz CT molecular complexity index is 182. The quantitative estimate of drug-likeness (QED) is 0.229. The Hall–Kier alpha value is -0.260. The molecule has 0 atom stereocenters. The maximum Gasteiger partial charge on any atom is -0.0121 e. The highest BCUT2D eigenvalue weighted by atomic mass is 14.3. The van der Waals surface area contributed by atoms with E-state index in [-0.39, 0.29) is 0 Å². The molecule has 0 saturated heterocycles. The lowest BCUT2D eigenvalue weighted by Crippen LogP contribution is -2.18. The second-order valence-electron chi connectivity index (χ2n) is 6.29. The molecule has 0 bridgehead atoms. The van der Waals surface area contributed by atoms with Crippen molar-refractivity contribution in [2.45, 2.75) is 104 Å². The van der Waals surface area contributed by atoms with E-state index in [0.29, 0.717) is 5.41 Å². The molecule has 0 aliphatic carbocycles. The fourth-order valence-corrected chi connectivity index (χ4v) is 3.04. The Kier molecular flexibility index (Phi) is 12.6. The Labute approximate surface area is 123 Å². The highest BCUT2D eigenvalue weighted by Crippen LogP contribution is 2.38. The van der Waals surface area contributed by atoms with Crippen LogP contribution in [0.2, 0.25) is 0 Å². The Morgan fingerprint density at radius 3 is 1.37 bits per heavy atom. The van der Waals surface area contributed by atoms with E-state index in [0.717, 1.165) is 0 Å². The van der Waals surface area contributed by atoms with E-state index in [1.807, 2.05) is 0 Å². The summed E-state index contributed by atoms with van der Waals surface area (Å²) in [5.74, 6) is 0. The summed E-state index contributed by atoms with van der Waals surface area (Å²) in [4.78, 5) is 0. The van der Waals surface area contributed by atoms with Crippen molar-refractivity contribution in [1.29, 1.82) is 0 Å². The van der Waals surface area contributed by atoms with Crippen LogP contribution in [0.3, 0.4) is 0 Å². The Morgan fingerprint density at radius 1 is 0.632 bits per heavy atom. The first-order valence-corrected chi connectivity index (χ1v) is 8.88. The van der Waals surface area contributed by atoms with Gasteiger partial charge in [-0.15, -0.1) is 6.58 Å². The summed E-state index contributed by atoms with van der Waals surface area (Å²) in [6, 6.07) is 0. The van der Waals surface area contributed by atoms with E-state index < -0.39 is 0 Å². The average Bonchev–Trinajstić information content (AvgIpc) is 2.43. The molecule has 0 aromatic rings. The van der Waals surface area contributed by atoms with Gasteiger partial charge in [0.15, 0.2) is 0 Å². The van der Waals surface area contributed by atoms with Gasteiger partial charge < -0.3 is 0 Å². The predicted octanol–water partition coefficient (Wildman–Crippen LogP) is 7.29. The molecule has 0 radical (unpaired) electrons. The first-order chi connectivity index (χ1) is 9.24. The summed E-state index contributed by atoms with van der Waals surface area (Å²) >= 11 is 0. The van der Waals surface area contributed by atoms with Crippen LogP contribution in [0.15, 0.2) is 12.7 Å². The molecule has 0 N–H and O–H groups in total. The monoisotopic (exact) mass is 266 g/mol. The lowest BCUT2D eigenvalue weighted by atomic mass is 9.74. The minimum atomic E-state index is 0.456. The maximum atomic E-state index is 4.19. The molecule has 0 aliphatic heterocycles. The average molecular weight is 267 g/mol. The van der Waals surface area contributed by atoms with Gasteiger partial charge in [-0.3, -0.25) is 0 Å². The molecule has 0 fully saturated rings. The minimum absolute atomic E-state index is 0.456. The van der Waals surface area contributed by atoms with E-state index >= 15 is 0 Å². The molecule has 0 aromatic heterocycles. The summed E-state index contributed by atoms with van der Waals surface area (Å²) in [5, 5.41) is 0. The zero-order valence-electron chi connectivity index (χ0n) is 14.0. The Morgan fingerprint density at radius 2 is 1.00 bits per heavy atom. The summed E-state index contributed by atoms with van der Waals surface area (Å²) in [5.41, 5.74) is 0.456. The molecular formula is C19H38. The summed E-state index contributed by atoms with van der Waals surface area (Å²) in [6.45, 7) is 11.1. The number of unbranched alkanes of at least 4 members (excludes halogenated alkanes) is 7. The van der Waals surface area contributed by atoms with Gasteiger partial charge in [0.05, 0.1) is 0 Å². The summed E-state index contributed by atoms with van der Waals surface area (Å²) in [7, 11) is 0. The fraction of sp³-hybridized carbons (Fsp3) is 0.895. The van der Waals surface area contributed by atoms with E-state index in [2.05, 4.69) is 33.4 Å². The van der Waals surface area contributed by atoms with Crippen LogP contribution in [-0.2, 0) is 0 Å². The van der Waals surface area contributed by atoms with Crippen molar-refractivity contribution in [3.05, 3.63) is 12.7 Å². The van der Waals surface area contributed by atoms with Crippen molar-refractivity contribution in [2.75, 3.05) is 0 Å². The summed E-state index contributed by atoms with van der Waals surface area (Å²) < 4.78 is 0. The first kappa shape index (κ1) is 18.7. The molecule has 0 aliphatic rings. The fourth-order valence-electron chi connectivity index (χ4n) is 3.04. The maximum absolute atomic E-state index is 4.19. The van der Waals surface area contributed by atoms with Crippen LogP contribution in [0, 0.1) is 5.41 Å². The highest BCUT2D eigenvalue weighted by molar-refractivity contribution is 4.94. The topological polar surface area (TPSA) is 0 Å². The second kappa shape index (κ2) is 12.8. The molecule has 0 spiro atoms. The van der Waals surface area contributed by atoms with Crippen molar-refractivity contribution < 1.29 is 0 Å². The van der Waals surface area contributed by atoms with Crippen LogP contribution in [0.25, 0.3) is 0 Å². The molecule has 0 unspecified atom stereocenters. The molecule has 0 amide bonds. The third kappa shape index (κ3) is 9.30. The second-order valence-corrected chi connectivity index (χ2v) is 6.29. The molecule has 0 heterocycles. The molecular weight excluding hydrogens is 228 g/mol. The Balaban J connectivity index is 4.24. The lowest BCUT2D eigenvalue weighted by Gasteiger charge is -2.31. The standard InChI is InChI=1S/C19H38/c1-5-9-12-15-18-19(8-4,16-13-10-6-2)17-14-11-7-3/h8H,4-7,9-18H2,1-3H3. The van der Waals surface area contributed by atoms with Gasteiger partial charge in [0.2, 0.25) is 0 Å². The van der Waals surface area contributed by atoms with Gasteiger partial charge >= 0.3 is 0 Å². The highest BCUT2D eigenvalue weighted by Gasteiger charge is 2.24. The molecule has 0 rings (SSSR count). The van der Waals surface area contributed by atoms with Crippen LogP contribution in [-0.4, -0.2) is 0 Å². The van der Waals surface area contributed by atoms with Gasteiger partial charge in [-0.1, -0.05) is 91.1 Å². The molecule has 114 valence electrons. The van der Waals surface area contributed by atoms with Crippen molar-refractivity contribution in [2.24, 2.45) is 5.41 Å². The normalized spacial score (nSPS) is 11.7. The number of allylic oxidation sites excluding steroid dienone is 1. The number of hydrogen-bond donors (Lipinski definition) is 0. The predicted molar refractivity (Wildman–Crippen MR) is 89.7 cm³/mol. The third-order valence-electron chi connectivity index (χ3n) is 4.52. The van der Waals surface area contributed by atoms with Gasteiger partial charge in [-0.25, -0.2) is 0 Å². The SMILES string of the molecule is C=CC(CCCCC)(CCCCC)CCCCCC.